The summed E-state index contributed by atoms with van der Waals surface area (Å²) in [5.74, 6) is 1.57. The molecule has 3 heterocycles. The number of hydrogen-bond donors (Lipinski definition) is 1. The Hall–Kier alpha value is -3.72. The molecule has 1 atom stereocenters. The molecule has 0 saturated heterocycles. The van der Waals surface area contributed by atoms with E-state index in [1.165, 1.54) is 17.8 Å². The lowest BCUT2D eigenvalue weighted by Gasteiger charge is -2.16. The summed E-state index contributed by atoms with van der Waals surface area (Å²) in [6, 6.07) is 16.1. The predicted molar refractivity (Wildman–Crippen MR) is 133 cm³/mol. The van der Waals surface area contributed by atoms with E-state index in [1.54, 1.807) is 22.9 Å². The number of ether oxygens (including phenoxy) is 1. The van der Waals surface area contributed by atoms with Crippen LogP contribution in [0.25, 0.3) is 5.95 Å². The number of carbonyl (C=O) groups is 1. The van der Waals surface area contributed by atoms with Gasteiger partial charge in [-0.05, 0) is 50.6 Å². The SMILES string of the molecule is Cc1cc(C)nc(-n2nc(C)c3c2NC(=O)CS[C@H]3c2ccc(OCc3ccccc3F)cc2)n1. The summed E-state index contributed by atoms with van der Waals surface area (Å²) in [4.78, 5) is 21.6. The molecule has 0 fully saturated rings. The maximum atomic E-state index is 13.9. The van der Waals surface area contributed by atoms with E-state index in [9.17, 15) is 9.18 Å². The van der Waals surface area contributed by atoms with E-state index >= 15 is 0 Å². The highest BCUT2D eigenvalue weighted by Gasteiger charge is 2.31. The highest BCUT2D eigenvalue weighted by atomic mass is 32.2. The molecule has 1 aliphatic rings. The first-order chi connectivity index (χ1) is 16.9. The second kappa shape index (κ2) is 9.50. The Morgan fingerprint density at radius 1 is 1.09 bits per heavy atom. The van der Waals surface area contributed by atoms with Gasteiger partial charge in [0.1, 0.15) is 24.0 Å². The van der Waals surface area contributed by atoms with Crippen molar-refractivity contribution in [2.45, 2.75) is 32.6 Å². The van der Waals surface area contributed by atoms with Crippen LogP contribution in [0.4, 0.5) is 10.2 Å². The molecule has 1 aliphatic heterocycles. The van der Waals surface area contributed by atoms with Crippen LogP contribution in [0.15, 0.2) is 54.6 Å². The number of hydrogen-bond acceptors (Lipinski definition) is 6. The number of halogens is 1. The van der Waals surface area contributed by atoms with Crippen molar-refractivity contribution in [1.82, 2.24) is 19.7 Å². The first-order valence-electron chi connectivity index (χ1n) is 11.2. The van der Waals surface area contributed by atoms with Gasteiger partial charge in [0.15, 0.2) is 0 Å². The van der Waals surface area contributed by atoms with E-state index in [4.69, 9.17) is 4.74 Å². The van der Waals surface area contributed by atoms with Gasteiger partial charge in [0.2, 0.25) is 5.91 Å². The van der Waals surface area contributed by atoms with Crippen molar-refractivity contribution in [2.75, 3.05) is 11.1 Å². The topological polar surface area (TPSA) is 81.9 Å². The molecule has 7 nitrogen and oxygen atoms in total. The Bertz CT molecular complexity index is 1380. The maximum absolute atomic E-state index is 13.9. The molecule has 1 N–H and O–H groups in total. The van der Waals surface area contributed by atoms with Crippen LogP contribution >= 0.6 is 11.8 Å². The molecule has 35 heavy (non-hydrogen) atoms. The van der Waals surface area contributed by atoms with E-state index < -0.39 is 0 Å². The van der Waals surface area contributed by atoms with Crippen molar-refractivity contribution < 1.29 is 13.9 Å². The van der Waals surface area contributed by atoms with Crippen LogP contribution in [-0.2, 0) is 11.4 Å². The summed E-state index contributed by atoms with van der Waals surface area (Å²) in [7, 11) is 0. The van der Waals surface area contributed by atoms with Gasteiger partial charge in [-0.1, -0.05) is 30.3 Å². The third-order valence-corrected chi connectivity index (χ3v) is 6.97. The lowest BCUT2D eigenvalue weighted by Crippen LogP contribution is -2.17. The lowest BCUT2D eigenvalue weighted by molar-refractivity contribution is -0.113. The van der Waals surface area contributed by atoms with E-state index in [-0.39, 0.29) is 23.6 Å². The highest BCUT2D eigenvalue weighted by molar-refractivity contribution is 8.00. The van der Waals surface area contributed by atoms with Crippen molar-refractivity contribution in [3.05, 3.63) is 94.2 Å². The van der Waals surface area contributed by atoms with Crippen molar-refractivity contribution in [2.24, 2.45) is 0 Å². The van der Waals surface area contributed by atoms with E-state index in [1.807, 2.05) is 51.1 Å². The Morgan fingerprint density at radius 2 is 1.80 bits per heavy atom. The Labute approximate surface area is 206 Å². The molecule has 0 saturated carbocycles. The van der Waals surface area contributed by atoms with Crippen LogP contribution in [0.1, 0.15) is 39.0 Å². The van der Waals surface area contributed by atoms with Gasteiger partial charge in [-0.25, -0.2) is 14.4 Å². The van der Waals surface area contributed by atoms with Crippen LogP contribution < -0.4 is 10.1 Å². The van der Waals surface area contributed by atoms with E-state index in [0.29, 0.717) is 28.8 Å². The van der Waals surface area contributed by atoms with Crippen LogP contribution in [0.2, 0.25) is 0 Å². The van der Waals surface area contributed by atoms with Gasteiger partial charge in [0, 0.05) is 22.5 Å². The lowest BCUT2D eigenvalue weighted by atomic mass is 10.0. The van der Waals surface area contributed by atoms with Gasteiger partial charge in [0.25, 0.3) is 5.95 Å². The molecule has 5 rings (SSSR count). The summed E-state index contributed by atoms with van der Waals surface area (Å²) < 4.78 is 21.3. The number of anilines is 1. The van der Waals surface area contributed by atoms with Crippen LogP contribution in [-0.4, -0.2) is 31.4 Å². The van der Waals surface area contributed by atoms with Crippen LogP contribution in [0, 0.1) is 26.6 Å². The molecule has 0 aliphatic carbocycles. The fourth-order valence-electron chi connectivity index (χ4n) is 4.11. The Balaban J connectivity index is 1.46. The minimum atomic E-state index is -0.288. The molecular formula is C26H24FN5O2S. The normalized spacial score (nSPS) is 15.3. The number of rotatable bonds is 5. The highest BCUT2D eigenvalue weighted by Crippen LogP contribution is 2.44. The zero-order chi connectivity index (χ0) is 24.5. The zero-order valence-electron chi connectivity index (χ0n) is 19.6. The van der Waals surface area contributed by atoms with Gasteiger partial charge >= 0.3 is 0 Å². The fourth-order valence-corrected chi connectivity index (χ4v) is 5.30. The number of thioether (sulfide) groups is 1. The fraction of sp³-hybridized carbons (Fsp3) is 0.231. The summed E-state index contributed by atoms with van der Waals surface area (Å²) in [5.41, 5.74) is 4.88. The number of aromatic nitrogens is 4. The maximum Gasteiger partial charge on any atom is 0.252 e. The smallest absolute Gasteiger partial charge is 0.252 e. The van der Waals surface area contributed by atoms with Crippen molar-refractivity contribution in [3.8, 4) is 11.7 Å². The molecule has 1 amide bonds. The first kappa shape index (κ1) is 23.0. The van der Waals surface area contributed by atoms with Gasteiger partial charge < -0.3 is 10.1 Å². The number of fused-ring (bicyclic) bond motifs is 1. The predicted octanol–water partition coefficient (Wildman–Crippen LogP) is 5.08. The van der Waals surface area contributed by atoms with Gasteiger partial charge in [-0.3, -0.25) is 4.79 Å². The molecule has 0 radical (unpaired) electrons. The molecule has 4 aromatic rings. The number of aryl methyl sites for hydroxylation is 3. The number of nitrogens with zero attached hydrogens (tertiary/aromatic N) is 4. The standard InChI is InChI=1S/C26H24FN5O2S/c1-15-12-16(2)29-26(28-15)32-25-23(17(3)31-32)24(35-14-22(33)30-25)18-8-10-20(11-9-18)34-13-19-6-4-5-7-21(19)27/h4-12,24H,13-14H2,1-3H3,(H,30,33)/t24-/m0/s1. The molecular weight excluding hydrogens is 465 g/mol. The summed E-state index contributed by atoms with van der Waals surface area (Å²) in [5, 5.41) is 7.57. The summed E-state index contributed by atoms with van der Waals surface area (Å²) >= 11 is 1.54. The third kappa shape index (κ3) is 4.77. The minimum absolute atomic E-state index is 0.103. The average molecular weight is 490 g/mol. The third-order valence-electron chi connectivity index (χ3n) is 5.70. The van der Waals surface area contributed by atoms with Gasteiger partial charge in [0.05, 0.1) is 16.7 Å². The Kier molecular flexibility index (Phi) is 6.25. The van der Waals surface area contributed by atoms with Crippen molar-refractivity contribution in [1.29, 1.82) is 0 Å². The molecule has 0 unspecified atom stereocenters. The molecule has 0 bridgehead atoms. The summed E-state index contributed by atoms with van der Waals surface area (Å²) in [6.45, 7) is 5.88. The molecule has 9 heteroatoms. The molecule has 178 valence electrons. The number of amides is 1. The van der Waals surface area contributed by atoms with E-state index in [2.05, 4.69) is 20.4 Å². The second-order valence-electron chi connectivity index (χ2n) is 8.40. The molecule has 2 aromatic carbocycles. The number of carbonyl (C=O) groups excluding carboxylic acids is 1. The van der Waals surface area contributed by atoms with Crippen LogP contribution in [0.5, 0.6) is 5.75 Å². The monoisotopic (exact) mass is 489 g/mol. The second-order valence-corrected chi connectivity index (χ2v) is 9.49. The average Bonchev–Trinajstić information content (AvgIpc) is 3.03. The number of benzene rings is 2. The van der Waals surface area contributed by atoms with Crippen molar-refractivity contribution in [3.63, 3.8) is 0 Å². The van der Waals surface area contributed by atoms with Gasteiger partial charge in [-0.2, -0.15) is 9.78 Å². The van der Waals surface area contributed by atoms with Crippen LogP contribution in [0.3, 0.4) is 0 Å². The quantitative estimate of drug-likeness (QED) is 0.421. The minimum Gasteiger partial charge on any atom is -0.489 e. The largest absolute Gasteiger partial charge is 0.489 e. The summed E-state index contributed by atoms with van der Waals surface area (Å²) in [6.07, 6.45) is 0. The number of nitrogens with one attached hydrogen (secondary N) is 1. The Morgan fingerprint density at radius 3 is 2.51 bits per heavy atom. The first-order valence-corrected chi connectivity index (χ1v) is 12.2. The zero-order valence-corrected chi connectivity index (χ0v) is 20.4. The van der Waals surface area contributed by atoms with Crippen molar-refractivity contribution >= 4 is 23.5 Å². The molecule has 0 spiro atoms. The van der Waals surface area contributed by atoms with Gasteiger partial charge in [-0.15, -0.1) is 11.8 Å². The molecule has 2 aromatic heterocycles. The van der Waals surface area contributed by atoms with E-state index in [0.717, 1.165) is 28.2 Å².